The van der Waals surface area contributed by atoms with Crippen molar-refractivity contribution in [2.75, 3.05) is 24.7 Å². The fourth-order valence-electron chi connectivity index (χ4n) is 6.03. The van der Waals surface area contributed by atoms with Gasteiger partial charge in [0.1, 0.15) is 12.6 Å². The van der Waals surface area contributed by atoms with Gasteiger partial charge >= 0.3 is 5.97 Å². The molecule has 1 aromatic rings. The van der Waals surface area contributed by atoms with E-state index in [4.69, 9.17) is 16.3 Å². The van der Waals surface area contributed by atoms with Crippen molar-refractivity contribution in [3.05, 3.63) is 54.6 Å². The zero-order valence-electron chi connectivity index (χ0n) is 19.9. The molecule has 35 heavy (non-hydrogen) atoms. The number of hydrogen-bond acceptors (Lipinski definition) is 6. The van der Waals surface area contributed by atoms with Crippen molar-refractivity contribution >= 4 is 46.8 Å². The van der Waals surface area contributed by atoms with Crippen LogP contribution in [-0.4, -0.2) is 69.6 Å². The number of amides is 2. The molecule has 7 nitrogen and oxygen atoms in total. The van der Waals surface area contributed by atoms with Crippen LogP contribution in [0.15, 0.2) is 49.6 Å². The van der Waals surface area contributed by atoms with Gasteiger partial charge in [0.05, 0.1) is 29.2 Å². The summed E-state index contributed by atoms with van der Waals surface area (Å²) in [5, 5.41) is 10.5. The molecule has 0 saturated carbocycles. The number of aliphatic hydroxyl groups is 1. The third-order valence-corrected chi connectivity index (χ3v) is 9.82. The Kier molecular flexibility index (Phi) is 7.36. The number of rotatable bonds is 9. The summed E-state index contributed by atoms with van der Waals surface area (Å²) in [7, 11) is 0. The number of carbonyl (C=O) groups is 3. The van der Waals surface area contributed by atoms with E-state index in [0.717, 1.165) is 0 Å². The molecule has 0 radical (unpaired) electrons. The molecule has 2 amide bonds. The lowest BCUT2D eigenvalue weighted by Crippen LogP contribution is -2.59. The zero-order chi connectivity index (χ0) is 25.5. The van der Waals surface area contributed by atoms with Gasteiger partial charge in [-0.3, -0.25) is 14.4 Å². The van der Waals surface area contributed by atoms with Gasteiger partial charge < -0.3 is 19.6 Å². The lowest BCUT2D eigenvalue weighted by Gasteiger charge is -2.41. The first-order valence-electron chi connectivity index (χ1n) is 11.8. The minimum Gasteiger partial charge on any atom is -0.461 e. The molecule has 1 aromatic carbocycles. The molecule has 3 unspecified atom stereocenters. The highest BCUT2D eigenvalue weighted by molar-refractivity contribution is 8.02. The number of likely N-dealkylation sites (tertiary alicyclic amines) is 1. The molecule has 0 aliphatic carbocycles. The topological polar surface area (TPSA) is 87.1 Å². The Morgan fingerprint density at radius 3 is 2.63 bits per heavy atom. The Bertz CT molecular complexity index is 1030. The summed E-state index contributed by atoms with van der Waals surface area (Å²) in [5.41, 5.74) is 0.635. The number of halogens is 1. The molecule has 4 rings (SSSR count). The molecule has 3 fully saturated rings. The van der Waals surface area contributed by atoms with Crippen molar-refractivity contribution in [3.8, 4) is 0 Å². The Morgan fingerprint density at radius 1 is 1.34 bits per heavy atom. The summed E-state index contributed by atoms with van der Waals surface area (Å²) in [6.45, 7) is 11.2. The largest absolute Gasteiger partial charge is 0.461 e. The lowest BCUT2D eigenvalue weighted by molar-refractivity contribution is -0.153. The van der Waals surface area contributed by atoms with Crippen LogP contribution in [0.5, 0.6) is 0 Å². The van der Waals surface area contributed by atoms with E-state index >= 15 is 0 Å². The van der Waals surface area contributed by atoms with E-state index in [9.17, 15) is 19.5 Å². The average molecular weight is 519 g/mol. The third kappa shape index (κ3) is 3.99. The molecule has 1 N–H and O–H groups in total. The molecular weight excluding hydrogens is 488 g/mol. The van der Waals surface area contributed by atoms with Crippen molar-refractivity contribution in [2.45, 2.75) is 42.3 Å². The quantitative estimate of drug-likeness (QED) is 0.398. The summed E-state index contributed by atoms with van der Waals surface area (Å²) in [4.78, 5) is 44.5. The van der Waals surface area contributed by atoms with Crippen molar-refractivity contribution in [3.63, 3.8) is 0 Å². The molecule has 2 bridgehead atoms. The Hall–Kier alpha value is -2.29. The minimum atomic E-state index is -0.847. The van der Waals surface area contributed by atoms with Gasteiger partial charge in [-0.2, -0.15) is 0 Å². The number of hydrogen-bond donors (Lipinski definition) is 1. The van der Waals surface area contributed by atoms with Crippen LogP contribution in [0.4, 0.5) is 5.69 Å². The van der Waals surface area contributed by atoms with Gasteiger partial charge in [-0.25, -0.2) is 0 Å². The molecule has 1 spiro atoms. The molecule has 3 aliphatic rings. The van der Waals surface area contributed by atoms with E-state index in [2.05, 4.69) is 13.2 Å². The van der Waals surface area contributed by atoms with E-state index < -0.39 is 34.6 Å². The number of esters is 1. The van der Waals surface area contributed by atoms with Crippen molar-refractivity contribution in [1.29, 1.82) is 0 Å². The Balaban J connectivity index is 1.81. The highest BCUT2D eigenvalue weighted by Gasteiger charge is 2.77. The first-order valence-corrected chi connectivity index (χ1v) is 13.0. The van der Waals surface area contributed by atoms with Crippen LogP contribution in [-0.2, 0) is 19.1 Å². The Labute approximate surface area is 215 Å². The number of fused-ring (bicyclic) bond motifs is 1. The molecule has 3 heterocycles. The standard InChI is InChI=1S/C26H31ClN2O5S/c1-5-11-28(18-9-7-17(27)8-10-18)24(32)22-26-15(3)13-19(35-26)20(25(33)34-12-6-2)21(26)23(31)29(22)16(4)14-30/h5-10,15-16,19-22,30H,1-2,11-14H2,3-4H3/t15?,16-,19-,20+,21+,22?,26?/m1/s1. The number of ether oxygens (including phenoxy) is 1. The summed E-state index contributed by atoms with van der Waals surface area (Å²) >= 11 is 7.64. The summed E-state index contributed by atoms with van der Waals surface area (Å²) in [5.74, 6) is -2.30. The van der Waals surface area contributed by atoms with Crippen LogP contribution >= 0.6 is 23.4 Å². The highest BCUT2D eigenvalue weighted by atomic mass is 35.5. The van der Waals surface area contributed by atoms with Gasteiger partial charge in [0.2, 0.25) is 5.91 Å². The van der Waals surface area contributed by atoms with E-state index in [1.165, 1.54) is 11.0 Å². The van der Waals surface area contributed by atoms with Gasteiger partial charge in [0.25, 0.3) is 5.91 Å². The second-order valence-electron chi connectivity index (χ2n) is 9.46. The number of thioether (sulfide) groups is 1. The first kappa shape index (κ1) is 25.8. The lowest BCUT2D eigenvalue weighted by atomic mass is 9.66. The third-order valence-electron chi connectivity index (χ3n) is 7.49. The normalized spacial score (nSPS) is 31.7. The van der Waals surface area contributed by atoms with Crippen molar-refractivity contribution < 1.29 is 24.2 Å². The number of aliphatic hydroxyl groups excluding tert-OH is 1. The van der Waals surface area contributed by atoms with Crippen molar-refractivity contribution in [1.82, 2.24) is 4.90 Å². The monoisotopic (exact) mass is 518 g/mol. The van der Waals surface area contributed by atoms with Gasteiger partial charge in [0.15, 0.2) is 0 Å². The molecule has 3 aliphatic heterocycles. The van der Waals surface area contributed by atoms with E-state index in [1.54, 1.807) is 53.9 Å². The van der Waals surface area contributed by atoms with Crippen LogP contribution in [0.2, 0.25) is 5.02 Å². The highest BCUT2D eigenvalue weighted by Crippen LogP contribution is 2.69. The van der Waals surface area contributed by atoms with E-state index in [1.807, 2.05) is 6.92 Å². The van der Waals surface area contributed by atoms with Gasteiger partial charge in [0, 0.05) is 22.5 Å². The maximum atomic E-state index is 14.3. The maximum Gasteiger partial charge on any atom is 0.311 e. The predicted octanol–water partition coefficient (Wildman–Crippen LogP) is 3.31. The first-order chi connectivity index (χ1) is 16.7. The number of anilines is 1. The van der Waals surface area contributed by atoms with Gasteiger partial charge in [-0.15, -0.1) is 18.3 Å². The average Bonchev–Trinajstić information content (AvgIpc) is 3.44. The second-order valence-corrected chi connectivity index (χ2v) is 11.4. The second kappa shape index (κ2) is 9.99. The predicted molar refractivity (Wildman–Crippen MR) is 137 cm³/mol. The smallest absolute Gasteiger partial charge is 0.311 e. The number of benzene rings is 1. The minimum absolute atomic E-state index is 0.00976. The molecule has 188 valence electrons. The molecule has 0 aromatic heterocycles. The molecule has 7 atom stereocenters. The van der Waals surface area contributed by atoms with Gasteiger partial charge in [-0.1, -0.05) is 37.3 Å². The van der Waals surface area contributed by atoms with E-state index in [-0.39, 0.29) is 42.7 Å². The fourth-order valence-corrected chi connectivity index (χ4v) is 8.54. The molecule has 3 saturated heterocycles. The maximum absolute atomic E-state index is 14.3. The summed E-state index contributed by atoms with van der Waals surface area (Å²) < 4.78 is 4.59. The van der Waals surface area contributed by atoms with Crippen LogP contribution in [0, 0.1) is 17.8 Å². The van der Waals surface area contributed by atoms with Crippen LogP contribution in [0.3, 0.4) is 0 Å². The molecular formula is C26H31ClN2O5S. The van der Waals surface area contributed by atoms with Crippen molar-refractivity contribution in [2.24, 2.45) is 17.8 Å². The Morgan fingerprint density at radius 2 is 2.03 bits per heavy atom. The van der Waals surface area contributed by atoms with Crippen LogP contribution in [0.1, 0.15) is 20.3 Å². The zero-order valence-corrected chi connectivity index (χ0v) is 21.5. The number of carbonyl (C=O) groups excluding carboxylic acids is 3. The SMILES string of the molecule is C=CCOC(=O)[C@@H]1[C@H]2C(=O)N([C@H](C)CO)C(C(=O)N(CC=C)c3ccc(Cl)cc3)C23S[C@@H]1CC3C. The fraction of sp³-hybridized carbons (Fsp3) is 0.500. The molecule has 9 heteroatoms. The summed E-state index contributed by atoms with van der Waals surface area (Å²) in [6, 6.07) is 5.49. The van der Waals surface area contributed by atoms with Gasteiger partial charge in [-0.05, 0) is 43.5 Å². The van der Waals surface area contributed by atoms with Crippen LogP contribution in [0.25, 0.3) is 0 Å². The summed E-state index contributed by atoms with van der Waals surface area (Å²) in [6.07, 6.45) is 3.84. The number of nitrogens with zero attached hydrogens (tertiary/aromatic N) is 2. The van der Waals surface area contributed by atoms with E-state index in [0.29, 0.717) is 17.1 Å². The van der Waals surface area contributed by atoms with Crippen LogP contribution < -0.4 is 4.90 Å².